The van der Waals surface area contributed by atoms with Crippen molar-refractivity contribution in [3.05, 3.63) is 30.1 Å². The molecule has 1 rings (SSSR count). The number of pyridine rings is 1. The van der Waals surface area contributed by atoms with Crippen LogP contribution in [0.25, 0.3) is 0 Å². The van der Waals surface area contributed by atoms with Crippen LogP contribution in [-0.2, 0) is 9.36 Å². The topological polar surface area (TPSA) is 123 Å². The Morgan fingerprint density at radius 3 is 2.76 bits per heavy atom. The summed E-state index contributed by atoms with van der Waals surface area (Å²) in [6, 6.07) is 3.00. The van der Waals surface area contributed by atoms with Crippen LogP contribution in [-0.4, -0.2) is 38.1 Å². The second-order valence-electron chi connectivity index (χ2n) is 3.19. The van der Waals surface area contributed by atoms with E-state index in [1.165, 1.54) is 24.5 Å². The van der Waals surface area contributed by atoms with Crippen LogP contribution in [0.15, 0.2) is 24.5 Å². The normalized spacial score (nSPS) is 13.1. The molecule has 1 aromatic heterocycles. The molecule has 0 saturated heterocycles. The fourth-order valence-corrected chi connectivity index (χ4v) is 2.05. The number of nitrogens with zero attached hydrogens (tertiary/aromatic N) is 2. The number of amides is 1. The fourth-order valence-electron chi connectivity index (χ4n) is 1.19. The van der Waals surface area contributed by atoms with E-state index in [0.29, 0.717) is 0 Å². The second-order valence-corrected chi connectivity index (χ2v) is 4.88. The van der Waals surface area contributed by atoms with E-state index in [1.807, 2.05) is 0 Å². The molecule has 0 fully saturated rings. The van der Waals surface area contributed by atoms with Crippen molar-refractivity contribution < 1.29 is 24.4 Å². The molecule has 0 bridgehead atoms. The first-order chi connectivity index (χ1) is 7.95. The zero-order chi connectivity index (χ0) is 12.9. The maximum Gasteiger partial charge on any atom is 0.346 e. The minimum absolute atomic E-state index is 0.118. The lowest BCUT2D eigenvalue weighted by atomic mass is 10.3. The van der Waals surface area contributed by atoms with Crippen molar-refractivity contribution in [3.8, 4) is 0 Å². The lowest BCUT2D eigenvalue weighted by molar-refractivity contribution is -0.151. The Kier molecular flexibility index (Phi) is 4.73. The van der Waals surface area contributed by atoms with E-state index >= 15 is 0 Å². The predicted molar refractivity (Wildman–Crippen MR) is 56.7 cm³/mol. The summed E-state index contributed by atoms with van der Waals surface area (Å²) in [4.78, 5) is 32.2. The molecule has 0 aliphatic rings. The van der Waals surface area contributed by atoms with Crippen LogP contribution in [0.1, 0.15) is 11.3 Å². The Balaban J connectivity index is 2.83. The summed E-state index contributed by atoms with van der Waals surface area (Å²) >= 11 is 0. The van der Waals surface area contributed by atoms with Gasteiger partial charge in [-0.2, -0.15) is 0 Å². The third kappa shape index (κ3) is 4.22. The van der Waals surface area contributed by atoms with Crippen LogP contribution < -0.4 is 5.32 Å². The van der Waals surface area contributed by atoms with Gasteiger partial charge < -0.3 is 9.79 Å². The molecular formula is C8H12N3O5P. The lowest BCUT2D eigenvalue weighted by Gasteiger charge is -2.21. The number of hydrogen-bond acceptors (Lipinski definition) is 5. The fraction of sp³-hybridized carbons (Fsp3) is 0.250. The molecule has 1 atom stereocenters. The highest BCUT2D eigenvalue weighted by Crippen LogP contribution is 2.49. The molecule has 1 aromatic rings. The molecule has 0 spiro atoms. The molecule has 0 aliphatic heterocycles. The quantitative estimate of drug-likeness (QED) is 0.181. The van der Waals surface area contributed by atoms with E-state index in [1.54, 1.807) is 0 Å². The smallest absolute Gasteiger partial charge is 0.323 e. The van der Waals surface area contributed by atoms with Crippen molar-refractivity contribution in [1.29, 1.82) is 0 Å². The van der Waals surface area contributed by atoms with Gasteiger partial charge in [0.1, 0.15) is 5.78 Å². The minimum atomic E-state index is -4.47. The number of rotatable bonds is 6. The van der Waals surface area contributed by atoms with Gasteiger partial charge in [-0.1, -0.05) is 6.07 Å². The number of hydrogen-bond donors (Lipinski definition) is 4. The summed E-state index contributed by atoms with van der Waals surface area (Å²) in [5.74, 6) is -1.33. The Labute approximate surface area is 97.0 Å². The highest BCUT2D eigenvalue weighted by Gasteiger charge is 2.30. The number of nitrogens with one attached hydrogen (secondary N) is 1. The first kappa shape index (κ1) is 13.8. The Morgan fingerprint density at radius 1 is 1.59 bits per heavy atom. The summed E-state index contributed by atoms with van der Waals surface area (Å²) in [6.07, 6.45) is 2.87. The molecule has 94 valence electrons. The van der Waals surface area contributed by atoms with E-state index in [2.05, 4.69) is 10.3 Å². The van der Waals surface area contributed by atoms with E-state index in [9.17, 15) is 9.36 Å². The third-order valence-electron chi connectivity index (χ3n) is 1.90. The average molecular weight is 261 g/mol. The van der Waals surface area contributed by atoms with Gasteiger partial charge in [-0.3, -0.25) is 24.9 Å². The maximum absolute atomic E-state index is 11.2. The van der Waals surface area contributed by atoms with E-state index in [4.69, 9.17) is 15.0 Å². The zero-order valence-electron chi connectivity index (χ0n) is 8.67. The van der Waals surface area contributed by atoms with Crippen molar-refractivity contribution in [2.75, 3.05) is 6.67 Å². The van der Waals surface area contributed by atoms with Gasteiger partial charge in [0.25, 0.3) is 0 Å². The predicted octanol–water partition coefficient (Wildman–Crippen LogP) is -0.347. The van der Waals surface area contributed by atoms with Gasteiger partial charge in [-0.05, 0) is 11.6 Å². The molecule has 0 radical (unpaired) electrons. The number of hydroxylamine groups is 2. The van der Waals surface area contributed by atoms with E-state index < -0.39 is 20.0 Å². The van der Waals surface area contributed by atoms with Crippen molar-refractivity contribution in [2.45, 2.75) is 5.78 Å². The van der Waals surface area contributed by atoms with E-state index in [-0.39, 0.29) is 17.0 Å². The van der Waals surface area contributed by atoms with Crippen LogP contribution in [0.3, 0.4) is 0 Å². The number of carbonyl (C=O) groups excluding carboxylic acids is 1. The van der Waals surface area contributed by atoms with Gasteiger partial charge >= 0.3 is 7.60 Å². The van der Waals surface area contributed by atoms with Crippen LogP contribution in [0, 0.1) is 0 Å². The maximum atomic E-state index is 11.2. The van der Waals surface area contributed by atoms with Gasteiger partial charge in [0.05, 0.1) is 6.67 Å². The van der Waals surface area contributed by atoms with Crippen molar-refractivity contribution in [3.63, 3.8) is 0 Å². The number of carbonyl (C=O) groups is 1. The first-order valence-electron chi connectivity index (χ1n) is 4.54. The average Bonchev–Trinajstić information content (AvgIpc) is 2.28. The molecule has 1 amide bonds. The summed E-state index contributed by atoms with van der Waals surface area (Å²) in [5.41, 5.74) is 0.264. The van der Waals surface area contributed by atoms with Gasteiger partial charge in [0, 0.05) is 12.4 Å². The standard InChI is InChI=1S/C8H12N3O5P/c12-6-11(13)5-10-8(17(14,15)16)7-2-1-3-9-4-7/h1-4,6,8,10,13H,5H2,(H2,14,15,16). The molecule has 17 heavy (non-hydrogen) atoms. The molecule has 0 aliphatic carbocycles. The SMILES string of the molecule is O=CN(O)CNC(c1cccnc1)P(=O)(O)O. The molecule has 9 heteroatoms. The zero-order valence-corrected chi connectivity index (χ0v) is 9.57. The third-order valence-corrected chi connectivity index (χ3v) is 3.06. The first-order valence-corrected chi connectivity index (χ1v) is 6.22. The van der Waals surface area contributed by atoms with Crippen LogP contribution in [0.5, 0.6) is 0 Å². The van der Waals surface area contributed by atoms with Crippen molar-refractivity contribution >= 4 is 14.0 Å². The highest BCUT2D eigenvalue weighted by atomic mass is 31.2. The van der Waals surface area contributed by atoms with Crippen molar-refractivity contribution in [1.82, 2.24) is 15.4 Å². The Morgan fingerprint density at radius 2 is 2.29 bits per heavy atom. The lowest BCUT2D eigenvalue weighted by Crippen LogP contribution is -2.33. The minimum Gasteiger partial charge on any atom is -0.323 e. The summed E-state index contributed by atoms with van der Waals surface area (Å²) in [7, 11) is -4.47. The summed E-state index contributed by atoms with van der Waals surface area (Å²) < 4.78 is 11.2. The van der Waals surface area contributed by atoms with Crippen molar-refractivity contribution in [2.24, 2.45) is 0 Å². The molecule has 8 nitrogen and oxygen atoms in total. The molecule has 0 saturated carbocycles. The molecule has 1 unspecified atom stereocenters. The van der Waals surface area contributed by atoms with Gasteiger partial charge in [-0.25, -0.2) is 5.06 Å². The molecule has 4 N–H and O–H groups in total. The summed E-state index contributed by atoms with van der Waals surface area (Å²) in [6.45, 7) is -0.409. The van der Waals surface area contributed by atoms with Gasteiger partial charge in [0.15, 0.2) is 0 Å². The molecular weight excluding hydrogens is 249 g/mol. The van der Waals surface area contributed by atoms with Gasteiger partial charge in [-0.15, -0.1) is 0 Å². The largest absolute Gasteiger partial charge is 0.346 e. The monoisotopic (exact) mass is 261 g/mol. The van der Waals surface area contributed by atoms with Gasteiger partial charge in [0.2, 0.25) is 6.41 Å². The summed E-state index contributed by atoms with van der Waals surface area (Å²) in [5, 5.41) is 11.5. The highest BCUT2D eigenvalue weighted by molar-refractivity contribution is 7.52. The van der Waals surface area contributed by atoms with E-state index in [0.717, 1.165) is 0 Å². The molecule has 1 heterocycles. The Bertz CT molecular complexity index is 409. The Hall–Kier alpha value is -1.31. The van der Waals surface area contributed by atoms with Crippen LogP contribution in [0.4, 0.5) is 0 Å². The van der Waals surface area contributed by atoms with Crippen LogP contribution >= 0.6 is 7.60 Å². The number of aromatic nitrogens is 1. The van der Waals surface area contributed by atoms with Crippen LogP contribution in [0.2, 0.25) is 0 Å². The molecule has 0 aromatic carbocycles. The second kappa shape index (κ2) is 5.85.